The number of hydrogen-bond donors (Lipinski definition) is 2. The number of aromatic nitrogens is 2. The Labute approximate surface area is 118 Å². The number of nitrogens with one attached hydrogen (secondary N) is 1. The molecule has 1 amide bonds. The third-order valence-electron chi connectivity index (χ3n) is 2.39. The summed E-state index contributed by atoms with van der Waals surface area (Å²) in [5, 5.41) is 2.69. The summed E-state index contributed by atoms with van der Waals surface area (Å²) >= 11 is 1.26. The highest BCUT2D eigenvalue weighted by Crippen LogP contribution is 2.17. The van der Waals surface area contributed by atoms with Crippen LogP contribution in [0.15, 0.2) is 24.5 Å². The highest BCUT2D eigenvalue weighted by atomic mass is 32.1. The first-order valence-corrected chi connectivity index (χ1v) is 6.44. The number of nitrogens with zero attached hydrogens (tertiary/aromatic N) is 2. The molecule has 0 aliphatic rings. The number of carbonyl (C=O) groups excluding carboxylic acids is 2. The van der Waals surface area contributed by atoms with Crippen LogP contribution in [0.25, 0.3) is 0 Å². The van der Waals surface area contributed by atoms with E-state index in [1.165, 1.54) is 30.8 Å². The van der Waals surface area contributed by atoms with Crippen molar-refractivity contribution in [2.24, 2.45) is 0 Å². The van der Waals surface area contributed by atoms with Gasteiger partial charge in [0.2, 0.25) is 0 Å². The van der Waals surface area contributed by atoms with Crippen molar-refractivity contribution in [2.45, 2.75) is 6.54 Å². The standard InChI is InChI=1S/C12H12N4O3S/c1-19-12(18)9-3-2-7(20-9)5-14-11(17)8-4-10(13)16-6-15-8/h2-4,6H,5H2,1H3,(H,14,17)(H2,13,15,16). The summed E-state index contributed by atoms with van der Waals surface area (Å²) in [6.07, 6.45) is 1.23. The van der Waals surface area contributed by atoms with Gasteiger partial charge in [0.05, 0.1) is 13.7 Å². The highest BCUT2D eigenvalue weighted by Gasteiger charge is 2.11. The summed E-state index contributed by atoms with van der Waals surface area (Å²) in [4.78, 5) is 32.0. The fraction of sp³-hybridized carbons (Fsp3) is 0.167. The van der Waals surface area contributed by atoms with Crippen LogP contribution >= 0.6 is 11.3 Å². The van der Waals surface area contributed by atoms with Crippen molar-refractivity contribution in [1.82, 2.24) is 15.3 Å². The summed E-state index contributed by atoms with van der Waals surface area (Å²) in [5.74, 6) is -0.516. The van der Waals surface area contributed by atoms with Crippen molar-refractivity contribution in [1.29, 1.82) is 0 Å². The Bertz CT molecular complexity index is 641. The van der Waals surface area contributed by atoms with Crippen LogP contribution in [0.4, 0.5) is 5.82 Å². The van der Waals surface area contributed by atoms with Gasteiger partial charge in [-0.15, -0.1) is 11.3 Å². The number of thiophene rings is 1. The SMILES string of the molecule is COC(=O)c1ccc(CNC(=O)c2cc(N)ncn2)s1. The average molecular weight is 292 g/mol. The molecule has 7 nitrogen and oxygen atoms in total. The molecule has 0 radical (unpaired) electrons. The smallest absolute Gasteiger partial charge is 0.348 e. The third kappa shape index (κ3) is 3.29. The van der Waals surface area contributed by atoms with Gasteiger partial charge in [0, 0.05) is 10.9 Å². The molecule has 0 saturated carbocycles. The van der Waals surface area contributed by atoms with Crippen LogP contribution in [0, 0.1) is 0 Å². The van der Waals surface area contributed by atoms with Gasteiger partial charge < -0.3 is 15.8 Å². The van der Waals surface area contributed by atoms with Crippen molar-refractivity contribution in [3.05, 3.63) is 40.0 Å². The van der Waals surface area contributed by atoms with Gasteiger partial charge in [0.25, 0.3) is 5.91 Å². The van der Waals surface area contributed by atoms with Gasteiger partial charge in [-0.05, 0) is 12.1 Å². The predicted octanol–water partition coefficient (Wildman–Crippen LogP) is 0.837. The molecule has 0 unspecified atom stereocenters. The maximum atomic E-state index is 11.8. The molecule has 0 bridgehead atoms. The van der Waals surface area contributed by atoms with Crippen molar-refractivity contribution < 1.29 is 14.3 Å². The maximum Gasteiger partial charge on any atom is 0.348 e. The Hall–Kier alpha value is -2.48. The van der Waals surface area contributed by atoms with E-state index < -0.39 is 5.97 Å². The average Bonchev–Trinajstić information content (AvgIpc) is 2.92. The molecule has 0 aliphatic carbocycles. The Morgan fingerprint density at radius 2 is 2.20 bits per heavy atom. The first kappa shape index (κ1) is 13.9. The molecule has 2 heterocycles. The number of nitrogens with two attached hydrogens (primary N) is 1. The zero-order chi connectivity index (χ0) is 14.5. The van der Waals surface area contributed by atoms with E-state index in [9.17, 15) is 9.59 Å². The molecule has 2 rings (SSSR count). The number of anilines is 1. The second-order valence-electron chi connectivity index (χ2n) is 3.77. The molecule has 0 spiro atoms. The molecule has 2 aromatic heterocycles. The number of nitrogen functional groups attached to an aromatic ring is 1. The van der Waals surface area contributed by atoms with Gasteiger partial charge in [0.1, 0.15) is 22.7 Å². The zero-order valence-corrected chi connectivity index (χ0v) is 11.4. The number of esters is 1. The van der Waals surface area contributed by atoms with E-state index in [0.717, 1.165) is 4.88 Å². The normalized spacial score (nSPS) is 10.1. The fourth-order valence-electron chi connectivity index (χ4n) is 1.44. The minimum atomic E-state index is -0.392. The molecule has 0 aliphatic heterocycles. The molecule has 0 saturated heterocycles. The summed E-state index contributed by atoms with van der Waals surface area (Å²) in [6, 6.07) is 4.80. The lowest BCUT2D eigenvalue weighted by Gasteiger charge is -2.03. The Morgan fingerprint density at radius 1 is 1.40 bits per heavy atom. The zero-order valence-electron chi connectivity index (χ0n) is 10.6. The quantitative estimate of drug-likeness (QED) is 0.808. The number of hydrogen-bond acceptors (Lipinski definition) is 7. The van der Waals surface area contributed by atoms with Crippen LogP contribution < -0.4 is 11.1 Å². The Kier molecular flexibility index (Phi) is 4.26. The molecule has 104 valence electrons. The minimum absolute atomic E-state index is 0.197. The van der Waals surface area contributed by atoms with Gasteiger partial charge in [-0.25, -0.2) is 14.8 Å². The fourth-order valence-corrected chi connectivity index (χ4v) is 2.30. The first-order chi connectivity index (χ1) is 9.60. The topological polar surface area (TPSA) is 107 Å². The Morgan fingerprint density at radius 3 is 2.90 bits per heavy atom. The van der Waals surface area contributed by atoms with Crippen LogP contribution in [-0.2, 0) is 11.3 Å². The van der Waals surface area contributed by atoms with Crippen molar-refractivity contribution >= 4 is 29.0 Å². The first-order valence-electron chi connectivity index (χ1n) is 5.63. The van der Waals surface area contributed by atoms with Crippen LogP contribution in [-0.4, -0.2) is 29.0 Å². The van der Waals surface area contributed by atoms with Crippen molar-refractivity contribution in [3.63, 3.8) is 0 Å². The second-order valence-corrected chi connectivity index (χ2v) is 4.94. The van der Waals surface area contributed by atoms with Crippen LogP contribution in [0.3, 0.4) is 0 Å². The van der Waals surface area contributed by atoms with E-state index in [2.05, 4.69) is 20.0 Å². The summed E-state index contributed by atoms with van der Waals surface area (Å²) < 4.78 is 4.61. The molecule has 0 aromatic carbocycles. The van der Waals surface area contributed by atoms with E-state index in [4.69, 9.17) is 5.73 Å². The molecule has 20 heavy (non-hydrogen) atoms. The number of amides is 1. The van der Waals surface area contributed by atoms with Crippen LogP contribution in [0.1, 0.15) is 25.0 Å². The van der Waals surface area contributed by atoms with Crippen LogP contribution in [0.2, 0.25) is 0 Å². The molecule has 8 heteroatoms. The molecule has 0 fully saturated rings. The van der Waals surface area contributed by atoms with Gasteiger partial charge in [-0.1, -0.05) is 0 Å². The summed E-state index contributed by atoms with van der Waals surface area (Å²) in [6.45, 7) is 0.296. The van der Waals surface area contributed by atoms with Crippen molar-refractivity contribution in [2.75, 3.05) is 12.8 Å². The van der Waals surface area contributed by atoms with Gasteiger partial charge in [0.15, 0.2) is 0 Å². The molecular formula is C12H12N4O3S. The van der Waals surface area contributed by atoms with Gasteiger partial charge in [-0.3, -0.25) is 4.79 Å². The molecule has 3 N–H and O–H groups in total. The van der Waals surface area contributed by atoms with Crippen molar-refractivity contribution in [3.8, 4) is 0 Å². The minimum Gasteiger partial charge on any atom is -0.465 e. The molecular weight excluding hydrogens is 280 g/mol. The lowest BCUT2D eigenvalue weighted by atomic mass is 10.3. The lowest BCUT2D eigenvalue weighted by molar-refractivity contribution is 0.0606. The number of carbonyl (C=O) groups is 2. The highest BCUT2D eigenvalue weighted by molar-refractivity contribution is 7.13. The van der Waals surface area contributed by atoms with E-state index in [1.807, 2.05) is 0 Å². The second kappa shape index (κ2) is 6.11. The predicted molar refractivity (Wildman–Crippen MR) is 73.3 cm³/mol. The molecule has 2 aromatic rings. The maximum absolute atomic E-state index is 11.8. The number of rotatable bonds is 4. The largest absolute Gasteiger partial charge is 0.465 e. The van der Waals surface area contributed by atoms with Gasteiger partial charge in [-0.2, -0.15) is 0 Å². The van der Waals surface area contributed by atoms with E-state index in [-0.39, 0.29) is 17.4 Å². The summed E-state index contributed by atoms with van der Waals surface area (Å²) in [7, 11) is 1.32. The van der Waals surface area contributed by atoms with Crippen LogP contribution in [0.5, 0.6) is 0 Å². The lowest BCUT2D eigenvalue weighted by Crippen LogP contribution is -2.23. The van der Waals surface area contributed by atoms with E-state index in [0.29, 0.717) is 11.4 Å². The Balaban J connectivity index is 1.97. The number of ether oxygens (including phenoxy) is 1. The number of methoxy groups -OCH3 is 1. The summed E-state index contributed by atoms with van der Waals surface area (Å²) in [5.41, 5.74) is 5.67. The third-order valence-corrected chi connectivity index (χ3v) is 3.46. The van der Waals surface area contributed by atoms with E-state index in [1.54, 1.807) is 12.1 Å². The molecule has 0 atom stereocenters. The van der Waals surface area contributed by atoms with E-state index >= 15 is 0 Å². The monoisotopic (exact) mass is 292 g/mol. The van der Waals surface area contributed by atoms with Gasteiger partial charge >= 0.3 is 5.97 Å².